The summed E-state index contributed by atoms with van der Waals surface area (Å²) in [5.41, 5.74) is 0.635. The molecule has 1 amide bonds. The van der Waals surface area contributed by atoms with Gasteiger partial charge >= 0.3 is 5.97 Å². The van der Waals surface area contributed by atoms with Gasteiger partial charge in [0.25, 0.3) is 5.91 Å². The van der Waals surface area contributed by atoms with E-state index in [0.29, 0.717) is 16.3 Å². The first-order valence-corrected chi connectivity index (χ1v) is 6.32. The molecule has 0 fully saturated rings. The second-order valence-corrected chi connectivity index (χ2v) is 4.61. The predicted octanol–water partition coefficient (Wildman–Crippen LogP) is 1.81. The summed E-state index contributed by atoms with van der Waals surface area (Å²) in [6.07, 6.45) is 0. The molecule has 0 atom stereocenters. The molecule has 7 nitrogen and oxygen atoms in total. The first-order chi connectivity index (χ1) is 9.52. The van der Waals surface area contributed by atoms with Crippen LogP contribution in [-0.2, 0) is 0 Å². The van der Waals surface area contributed by atoms with E-state index in [0.717, 1.165) is 11.5 Å². The highest BCUT2D eigenvalue weighted by Crippen LogP contribution is 2.24. The number of ether oxygens (including phenoxy) is 1. The van der Waals surface area contributed by atoms with Gasteiger partial charge in [-0.15, -0.1) is 5.10 Å². The smallest absolute Gasteiger partial charge is 0.337 e. The number of carbonyl (C=O) groups is 2. The van der Waals surface area contributed by atoms with Crippen molar-refractivity contribution in [3.63, 3.8) is 0 Å². The van der Waals surface area contributed by atoms with Gasteiger partial charge < -0.3 is 15.2 Å². The Labute approximate surface area is 118 Å². The number of nitrogens with one attached hydrogen (secondary N) is 1. The number of benzene rings is 1. The first kappa shape index (κ1) is 13.9. The Balaban J connectivity index is 2.34. The van der Waals surface area contributed by atoms with Crippen LogP contribution >= 0.6 is 11.5 Å². The summed E-state index contributed by atoms with van der Waals surface area (Å²) in [5, 5.41) is 15.4. The van der Waals surface area contributed by atoms with Gasteiger partial charge in [-0.05, 0) is 30.6 Å². The lowest BCUT2D eigenvalue weighted by molar-refractivity contribution is 0.0698. The number of aromatic nitrogens is 2. The summed E-state index contributed by atoms with van der Waals surface area (Å²) in [6.45, 7) is 1.65. The summed E-state index contributed by atoms with van der Waals surface area (Å²) < 4.78 is 8.68. The molecule has 1 aromatic heterocycles. The van der Waals surface area contributed by atoms with Crippen LogP contribution in [0.5, 0.6) is 5.75 Å². The van der Waals surface area contributed by atoms with Gasteiger partial charge in [0.2, 0.25) is 0 Å². The van der Waals surface area contributed by atoms with Crippen LogP contribution in [0, 0.1) is 6.92 Å². The molecule has 1 heterocycles. The number of carboxylic acids is 1. The fourth-order valence-electron chi connectivity index (χ4n) is 1.56. The number of aryl methyl sites for hydroxylation is 1. The minimum Gasteiger partial charge on any atom is -0.497 e. The van der Waals surface area contributed by atoms with E-state index in [4.69, 9.17) is 9.84 Å². The summed E-state index contributed by atoms with van der Waals surface area (Å²) >= 11 is 0.949. The number of carbonyl (C=O) groups excluding carboxylic acids is 1. The van der Waals surface area contributed by atoms with E-state index in [9.17, 15) is 9.59 Å². The van der Waals surface area contributed by atoms with E-state index in [2.05, 4.69) is 14.9 Å². The molecular weight excluding hydrogens is 282 g/mol. The van der Waals surface area contributed by atoms with Crippen molar-refractivity contribution in [1.82, 2.24) is 9.59 Å². The van der Waals surface area contributed by atoms with Crippen molar-refractivity contribution in [2.45, 2.75) is 6.92 Å². The molecule has 0 radical (unpaired) electrons. The van der Waals surface area contributed by atoms with Crippen LogP contribution in [0.2, 0.25) is 0 Å². The van der Waals surface area contributed by atoms with Crippen LogP contribution in [0.4, 0.5) is 5.69 Å². The van der Waals surface area contributed by atoms with Crippen LogP contribution in [0.25, 0.3) is 0 Å². The number of methoxy groups -OCH3 is 1. The van der Waals surface area contributed by atoms with Gasteiger partial charge in [-0.2, -0.15) is 0 Å². The molecular formula is C12H11N3O4S. The highest BCUT2D eigenvalue weighted by atomic mass is 32.1. The molecule has 2 aromatic rings. The first-order valence-electron chi connectivity index (χ1n) is 5.54. The Hall–Kier alpha value is -2.48. The zero-order chi connectivity index (χ0) is 14.7. The molecule has 0 unspecified atom stereocenters. The quantitative estimate of drug-likeness (QED) is 0.891. The van der Waals surface area contributed by atoms with Crippen molar-refractivity contribution in [3.8, 4) is 5.75 Å². The number of aromatic carboxylic acids is 1. The second kappa shape index (κ2) is 5.66. The summed E-state index contributed by atoms with van der Waals surface area (Å²) in [6, 6.07) is 4.33. The van der Waals surface area contributed by atoms with Gasteiger partial charge in [-0.25, -0.2) is 4.79 Å². The van der Waals surface area contributed by atoms with Crippen molar-refractivity contribution >= 4 is 29.1 Å². The summed E-state index contributed by atoms with van der Waals surface area (Å²) in [7, 11) is 1.46. The van der Waals surface area contributed by atoms with Crippen LogP contribution < -0.4 is 10.1 Å². The van der Waals surface area contributed by atoms with E-state index < -0.39 is 11.9 Å². The topological polar surface area (TPSA) is 101 Å². The zero-order valence-corrected chi connectivity index (χ0v) is 11.5. The average Bonchev–Trinajstić information content (AvgIpc) is 2.84. The standard InChI is InChI=1S/C12H11N3O4S/c1-6-10(20-15-14-6)11(16)13-9-5-7(19-2)3-4-8(9)12(17)18/h3-5H,1-2H3,(H,13,16)(H,17,18). The lowest BCUT2D eigenvalue weighted by Gasteiger charge is -2.09. The number of amides is 1. The molecule has 0 bridgehead atoms. The van der Waals surface area contributed by atoms with Crippen LogP contribution in [0.3, 0.4) is 0 Å². The monoisotopic (exact) mass is 293 g/mol. The maximum absolute atomic E-state index is 12.1. The van der Waals surface area contributed by atoms with E-state index in [1.165, 1.54) is 25.3 Å². The molecule has 20 heavy (non-hydrogen) atoms. The highest BCUT2D eigenvalue weighted by Gasteiger charge is 2.17. The lowest BCUT2D eigenvalue weighted by atomic mass is 10.1. The largest absolute Gasteiger partial charge is 0.497 e. The fraction of sp³-hybridized carbons (Fsp3) is 0.167. The average molecular weight is 293 g/mol. The molecule has 2 N–H and O–H groups in total. The lowest BCUT2D eigenvalue weighted by Crippen LogP contribution is -2.14. The van der Waals surface area contributed by atoms with Crippen molar-refractivity contribution < 1.29 is 19.4 Å². The minimum absolute atomic E-state index is 0.0192. The molecule has 0 aliphatic heterocycles. The molecule has 1 aromatic carbocycles. The number of carboxylic acid groups (broad SMARTS) is 1. The van der Waals surface area contributed by atoms with Crippen molar-refractivity contribution in [2.24, 2.45) is 0 Å². The Bertz CT molecular complexity index is 668. The van der Waals surface area contributed by atoms with Gasteiger partial charge in [0, 0.05) is 6.07 Å². The van der Waals surface area contributed by atoms with Crippen LogP contribution in [0.1, 0.15) is 25.7 Å². The number of hydrogen-bond acceptors (Lipinski definition) is 6. The van der Waals surface area contributed by atoms with Crippen LogP contribution in [-0.4, -0.2) is 33.7 Å². The Morgan fingerprint density at radius 1 is 1.40 bits per heavy atom. The molecule has 0 aliphatic rings. The van der Waals surface area contributed by atoms with Crippen LogP contribution in [0.15, 0.2) is 18.2 Å². The van der Waals surface area contributed by atoms with Gasteiger partial charge in [0.1, 0.15) is 10.6 Å². The Morgan fingerprint density at radius 2 is 2.15 bits per heavy atom. The van der Waals surface area contributed by atoms with Gasteiger partial charge in [0.15, 0.2) is 0 Å². The molecule has 2 rings (SSSR count). The third kappa shape index (κ3) is 2.75. The Kier molecular flexibility index (Phi) is 3.94. The maximum Gasteiger partial charge on any atom is 0.337 e. The maximum atomic E-state index is 12.1. The number of nitrogens with zero attached hydrogens (tertiary/aromatic N) is 2. The summed E-state index contributed by atoms with van der Waals surface area (Å²) in [4.78, 5) is 23.5. The van der Waals surface area contributed by atoms with E-state index in [1.807, 2.05) is 0 Å². The number of anilines is 1. The number of rotatable bonds is 4. The molecule has 0 saturated heterocycles. The SMILES string of the molecule is COc1ccc(C(=O)O)c(NC(=O)c2snnc2C)c1. The third-order valence-electron chi connectivity index (χ3n) is 2.56. The third-order valence-corrected chi connectivity index (χ3v) is 3.39. The Morgan fingerprint density at radius 3 is 2.70 bits per heavy atom. The van der Waals surface area contributed by atoms with Crippen molar-refractivity contribution in [1.29, 1.82) is 0 Å². The normalized spacial score (nSPS) is 10.1. The molecule has 0 aliphatic carbocycles. The van der Waals surface area contributed by atoms with Gasteiger partial charge in [-0.1, -0.05) is 4.49 Å². The van der Waals surface area contributed by atoms with E-state index in [1.54, 1.807) is 6.92 Å². The molecule has 0 saturated carbocycles. The molecule has 8 heteroatoms. The highest BCUT2D eigenvalue weighted by molar-refractivity contribution is 7.08. The minimum atomic E-state index is -1.14. The number of hydrogen-bond donors (Lipinski definition) is 2. The zero-order valence-electron chi connectivity index (χ0n) is 10.7. The predicted molar refractivity (Wildman–Crippen MR) is 72.6 cm³/mol. The van der Waals surface area contributed by atoms with Crippen molar-refractivity contribution in [2.75, 3.05) is 12.4 Å². The van der Waals surface area contributed by atoms with Gasteiger partial charge in [0.05, 0.1) is 24.1 Å². The molecule has 104 valence electrons. The van der Waals surface area contributed by atoms with Gasteiger partial charge in [-0.3, -0.25) is 4.79 Å². The van der Waals surface area contributed by atoms with E-state index in [-0.39, 0.29) is 11.3 Å². The summed E-state index contributed by atoms with van der Waals surface area (Å²) in [5.74, 6) is -1.14. The molecule has 0 spiro atoms. The fourth-order valence-corrected chi connectivity index (χ4v) is 2.11. The van der Waals surface area contributed by atoms with E-state index >= 15 is 0 Å². The second-order valence-electron chi connectivity index (χ2n) is 3.86. The van der Waals surface area contributed by atoms with Crippen molar-refractivity contribution in [3.05, 3.63) is 34.3 Å².